The van der Waals surface area contributed by atoms with Crippen molar-refractivity contribution in [2.24, 2.45) is 0 Å². The number of hydrogen-bond acceptors (Lipinski definition) is 6. The number of rotatable bonds is 9. The number of ether oxygens (including phenoxy) is 1. The Balaban J connectivity index is 2.03. The molecule has 1 amide bonds. The summed E-state index contributed by atoms with van der Waals surface area (Å²) < 4.78 is 35.0. The van der Waals surface area contributed by atoms with E-state index < -0.39 is 21.5 Å². The van der Waals surface area contributed by atoms with Gasteiger partial charge in [0.15, 0.2) is 9.84 Å². The zero-order chi connectivity index (χ0) is 19.0. The lowest BCUT2D eigenvalue weighted by Gasteiger charge is -2.21. The summed E-state index contributed by atoms with van der Waals surface area (Å²) in [5.74, 6) is -0.799. The van der Waals surface area contributed by atoms with Gasteiger partial charge in [0.1, 0.15) is 11.5 Å². The van der Waals surface area contributed by atoms with E-state index in [4.69, 9.17) is 14.4 Å². The molecule has 0 bridgehead atoms. The quantitative estimate of drug-likeness (QED) is 0.661. The van der Waals surface area contributed by atoms with Gasteiger partial charge in [-0.25, -0.2) is 8.42 Å². The highest BCUT2D eigenvalue weighted by atomic mass is 32.2. The zero-order valence-corrected chi connectivity index (χ0v) is 15.2. The highest BCUT2D eigenvalue weighted by Gasteiger charge is 2.23. The summed E-state index contributed by atoms with van der Waals surface area (Å²) in [7, 11) is -2.14. The Morgan fingerprint density at radius 1 is 1.27 bits per heavy atom. The molecule has 0 atom stereocenters. The summed E-state index contributed by atoms with van der Waals surface area (Å²) >= 11 is 0. The molecule has 0 saturated carbocycles. The fraction of sp³-hybridized carbons (Fsp3) is 0.333. The number of nitrogens with zero attached hydrogens (tertiary/aromatic N) is 2. The van der Waals surface area contributed by atoms with Gasteiger partial charge in [-0.3, -0.25) is 4.79 Å². The number of benzene rings is 1. The van der Waals surface area contributed by atoms with Crippen LogP contribution in [0.1, 0.15) is 16.9 Å². The lowest BCUT2D eigenvalue weighted by molar-refractivity contribution is -0.129. The second-order valence-electron chi connectivity index (χ2n) is 5.73. The topological polar surface area (TPSA) is 101 Å². The first-order valence-corrected chi connectivity index (χ1v) is 9.74. The summed E-state index contributed by atoms with van der Waals surface area (Å²) in [6.07, 6.45) is 1.50. The summed E-state index contributed by atoms with van der Waals surface area (Å²) in [5, 5.41) is 8.78. The number of hydrogen-bond donors (Lipinski definition) is 0. The number of methoxy groups -OCH3 is 1. The fourth-order valence-corrected chi connectivity index (χ4v) is 3.71. The maximum atomic E-state index is 12.5. The van der Waals surface area contributed by atoms with E-state index in [9.17, 15) is 13.2 Å². The number of furan rings is 1. The van der Waals surface area contributed by atoms with E-state index in [-0.39, 0.29) is 18.8 Å². The van der Waals surface area contributed by atoms with Crippen LogP contribution in [0, 0.1) is 11.3 Å². The number of amides is 1. The molecule has 1 heterocycles. The molecule has 8 heteroatoms. The van der Waals surface area contributed by atoms with Crippen molar-refractivity contribution in [3.63, 3.8) is 0 Å². The average Bonchev–Trinajstić information content (AvgIpc) is 3.11. The van der Waals surface area contributed by atoms with Crippen molar-refractivity contribution in [1.29, 1.82) is 5.26 Å². The predicted octanol–water partition coefficient (Wildman–Crippen LogP) is 1.74. The smallest absolute Gasteiger partial charge is 0.238 e. The Kier molecular flexibility index (Phi) is 6.95. The first kappa shape index (κ1) is 19.7. The molecule has 1 aromatic heterocycles. The van der Waals surface area contributed by atoms with Crippen molar-refractivity contribution in [2.45, 2.75) is 12.3 Å². The highest BCUT2D eigenvalue weighted by molar-refractivity contribution is 7.91. The van der Waals surface area contributed by atoms with E-state index in [0.29, 0.717) is 23.5 Å². The van der Waals surface area contributed by atoms with Gasteiger partial charge >= 0.3 is 0 Å². The third-order valence-electron chi connectivity index (χ3n) is 3.66. The average molecular weight is 376 g/mol. The van der Waals surface area contributed by atoms with Crippen molar-refractivity contribution in [1.82, 2.24) is 4.90 Å². The molecule has 0 aliphatic heterocycles. The molecule has 0 fully saturated rings. The second-order valence-corrected chi connectivity index (χ2v) is 7.79. The van der Waals surface area contributed by atoms with Gasteiger partial charge in [-0.05, 0) is 29.8 Å². The van der Waals surface area contributed by atoms with Crippen LogP contribution in [0.15, 0.2) is 47.1 Å². The van der Waals surface area contributed by atoms with Gasteiger partial charge in [-0.1, -0.05) is 12.1 Å². The van der Waals surface area contributed by atoms with E-state index in [1.807, 2.05) is 6.07 Å². The molecule has 0 aliphatic rings. The van der Waals surface area contributed by atoms with Crippen LogP contribution >= 0.6 is 0 Å². The van der Waals surface area contributed by atoms with Crippen LogP contribution in [0.3, 0.4) is 0 Å². The van der Waals surface area contributed by atoms with Crippen molar-refractivity contribution in [3.05, 3.63) is 59.5 Å². The lowest BCUT2D eigenvalue weighted by Crippen LogP contribution is -2.37. The first-order valence-electron chi connectivity index (χ1n) is 7.92. The van der Waals surface area contributed by atoms with E-state index >= 15 is 0 Å². The third kappa shape index (κ3) is 6.02. The molecule has 0 unspecified atom stereocenters. The lowest BCUT2D eigenvalue weighted by atomic mass is 10.2. The van der Waals surface area contributed by atoms with Crippen LogP contribution in [0.5, 0.6) is 0 Å². The molecule has 0 aliphatic carbocycles. The third-order valence-corrected chi connectivity index (χ3v) is 5.12. The monoisotopic (exact) mass is 376 g/mol. The van der Waals surface area contributed by atoms with E-state index in [1.54, 1.807) is 36.4 Å². The van der Waals surface area contributed by atoms with E-state index in [1.165, 1.54) is 18.3 Å². The molecule has 1 aromatic carbocycles. The van der Waals surface area contributed by atoms with Crippen LogP contribution in [-0.4, -0.2) is 45.2 Å². The van der Waals surface area contributed by atoms with Crippen molar-refractivity contribution < 1.29 is 22.4 Å². The van der Waals surface area contributed by atoms with Crippen LogP contribution in [0.2, 0.25) is 0 Å². The zero-order valence-electron chi connectivity index (χ0n) is 14.4. The minimum Gasteiger partial charge on any atom is -0.467 e. The standard InChI is InChI=1S/C18H20N2O5S/c1-24-10-8-20(12-17-3-2-9-25-17)18(21)14-26(22,23)13-16-6-4-15(11-19)5-7-16/h2-7,9H,8,10,12-14H2,1H3. The molecule has 7 nitrogen and oxygen atoms in total. The number of carbonyl (C=O) groups excluding carboxylic acids is 1. The van der Waals surface area contributed by atoms with Gasteiger partial charge in [0.25, 0.3) is 0 Å². The molecular weight excluding hydrogens is 356 g/mol. The summed E-state index contributed by atoms with van der Waals surface area (Å²) in [6.45, 7) is 0.742. The van der Waals surface area contributed by atoms with Crippen molar-refractivity contribution in [3.8, 4) is 6.07 Å². The summed E-state index contributed by atoms with van der Waals surface area (Å²) in [6, 6.07) is 11.6. The van der Waals surface area contributed by atoms with Crippen LogP contribution in [-0.2, 0) is 31.7 Å². The SMILES string of the molecule is COCCN(Cc1ccco1)C(=O)CS(=O)(=O)Cc1ccc(C#N)cc1. The number of carbonyl (C=O) groups is 1. The molecule has 26 heavy (non-hydrogen) atoms. The van der Waals surface area contributed by atoms with Gasteiger partial charge < -0.3 is 14.1 Å². The molecule has 0 saturated heterocycles. The minimum absolute atomic E-state index is 0.182. The van der Waals surface area contributed by atoms with Gasteiger partial charge in [0.2, 0.25) is 5.91 Å². The maximum absolute atomic E-state index is 12.5. The normalized spacial score (nSPS) is 11.1. The maximum Gasteiger partial charge on any atom is 0.238 e. The van der Waals surface area contributed by atoms with Gasteiger partial charge in [0.05, 0.1) is 36.8 Å². The first-order chi connectivity index (χ1) is 12.4. The largest absolute Gasteiger partial charge is 0.467 e. The van der Waals surface area contributed by atoms with Gasteiger partial charge in [-0.2, -0.15) is 5.26 Å². The van der Waals surface area contributed by atoms with Crippen LogP contribution in [0.4, 0.5) is 0 Å². The molecule has 0 radical (unpaired) electrons. The van der Waals surface area contributed by atoms with Crippen molar-refractivity contribution >= 4 is 15.7 Å². The molecule has 2 aromatic rings. The Hall–Kier alpha value is -2.63. The predicted molar refractivity (Wildman–Crippen MR) is 94.6 cm³/mol. The minimum atomic E-state index is -3.65. The van der Waals surface area contributed by atoms with Crippen LogP contribution in [0.25, 0.3) is 0 Å². The number of nitriles is 1. The summed E-state index contributed by atoms with van der Waals surface area (Å²) in [5.41, 5.74) is 0.984. The Morgan fingerprint density at radius 3 is 2.58 bits per heavy atom. The van der Waals surface area contributed by atoms with E-state index in [2.05, 4.69) is 0 Å². The molecule has 0 N–H and O–H groups in total. The summed E-state index contributed by atoms with van der Waals surface area (Å²) in [4.78, 5) is 13.9. The van der Waals surface area contributed by atoms with E-state index in [0.717, 1.165) is 0 Å². The fourth-order valence-electron chi connectivity index (χ4n) is 2.34. The molecule has 0 spiro atoms. The Labute approximate surface area is 152 Å². The van der Waals surface area contributed by atoms with Crippen LogP contribution < -0.4 is 0 Å². The molecule has 2 rings (SSSR count). The molecular formula is C18H20N2O5S. The molecule has 138 valence electrons. The number of sulfone groups is 1. The Bertz CT molecular complexity index is 852. The highest BCUT2D eigenvalue weighted by Crippen LogP contribution is 2.11. The second kappa shape index (κ2) is 9.17. The van der Waals surface area contributed by atoms with Crippen molar-refractivity contribution in [2.75, 3.05) is 26.0 Å². The van der Waals surface area contributed by atoms with Gasteiger partial charge in [0, 0.05) is 13.7 Å². The Morgan fingerprint density at radius 2 is 2.00 bits per heavy atom. The van der Waals surface area contributed by atoms with Gasteiger partial charge in [-0.15, -0.1) is 0 Å².